The summed E-state index contributed by atoms with van der Waals surface area (Å²) in [5.74, 6) is -0.139. The van der Waals surface area contributed by atoms with Gasteiger partial charge in [-0.1, -0.05) is 38.1 Å². The van der Waals surface area contributed by atoms with E-state index in [9.17, 15) is 9.90 Å². The van der Waals surface area contributed by atoms with Crippen molar-refractivity contribution in [3.05, 3.63) is 52.8 Å². The number of aromatic nitrogens is 2. The average Bonchev–Trinajstić information content (AvgIpc) is 2.82. The number of hydrogen-bond donors (Lipinski definition) is 3. The molecule has 1 aromatic carbocycles. The van der Waals surface area contributed by atoms with Crippen molar-refractivity contribution >= 4 is 11.9 Å². The molecule has 2 aromatic rings. The number of carbonyl (C=O) groups is 1. The zero-order valence-electron chi connectivity index (χ0n) is 13.2. The Kier molecular flexibility index (Phi) is 4.00. The normalized spacial score (nSPS) is 19.7. The lowest BCUT2D eigenvalue weighted by Gasteiger charge is -2.18. The van der Waals surface area contributed by atoms with Gasteiger partial charge in [0, 0.05) is 12.1 Å². The predicted molar refractivity (Wildman–Crippen MR) is 86.9 cm³/mol. The first-order valence-electron chi connectivity index (χ1n) is 7.67. The molecular weight excluding hydrogens is 292 g/mol. The summed E-state index contributed by atoms with van der Waals surface area (Å²) in [7, 11) is 0. The van der Waals surface area contributed by atoms with E-state index in [2.05, 4.69) is 15.3 Å². The van der Waals surface area contributed by atoms with Crippen LogP contribution in [0.4, 0.5) is 5.95 Å². The van der Waals surface area contributed by atoms with Gasteiger partial charge < -0.3 is 16.2 Å². The van der Waals surface area contributed by atoms with Crippen LogP contribution in [0, 0.1) is 0 Å². The smallest absolute Gasteiger partial charge is 0.270 e. The van der Waals surface area contributed by atoms with E-state index in [0.717, 1.165) is 16.8 Å². The van der Waals surface area contributed by atoms with Gasteiger partial charge >= 0.3 is 0 Å². The van der Waals surface area contributed by atoms with Gasteiger partial charge in [0.25, 0.3) is 5.91 Å². The Morgan fingerprint density at radius 1 is 1.35 bits per heavy atom. The molecule has 1 aliphatic carbocycles. The number of amides is 1. The molecule has 23 heavy (non-hydrogen) atoms. The SMILES string of the molecule is CC(C)c1cc(C(=O)N[C@@H]2c3ccccc3C[C@H]2O)nc(N)n1. The molecule has 0 radical (unpaired) electrons. The first kappa shape index (κ1) is 15.4. The van der Waals surface area contributed by atoms with Gasteiger partial charge in [-0.2, -0.15) is 0 Å². The minimum atomic E-state index is -0.639. The van der Waals surface area contributed by atoms with Crippen LogP contribution in [0.25, 0.3) is 0 Å². The first-order valence-corrected chi connectivity index (χ1v) is 7.67. The number of carbonyl (C=O) groups excluding carboxylic acids is 1. The van der Waals surface area contributed by atoms with Crippen LogP contribution in [-0.4, -0.2) is 27.1 Å². The van der Waals surface area contributed by atoms with Gasteiger partial charge in [0.15, 0.2) is 0 Å². The number of nitrogens with one attached hydrogen (secondary N) is 1. The Labute approximate surface area is 134 Å². The highest BCUT2D eigenvalue weighted by molar-refractivity contribution is 5.93. The Balaban J connectivity index is 1.85. The van der Waals surface area contributed by atoms with Gasteiger partial charge in [0.1, 0.15) is 5.69 Å². The Hall–Kier alpha value is -2.47. The van der Waals surface area contributed by atoms with Crippen molar-refractivity contribution in [2.45, 2.75) is 38.3 Å². The van der Waals surface area contributed by atoms with Crippen LogP contribution in [0.1, 0.15) is 53.1 Å². The summed E-state index contributed by atoms with van der Waals surface area (Å²) >= 11 is 0. The van der Waals surface area contributed by atoms with E-state index in [1.165, 1.54) is 0 Å². The fourth-order valence-electron chi connectivity index (χ4n) is 2.86. The van der Waals surface area contributed by atoms with Crippen LogP contribution in [0.15, 0.2) is 30.3 Å². The molecule has 1 aliphatic rings. The summed E-state index contributed by atoms with van der Waals surface area (Å²) in [4.78, 5) is 20.7. The maximum atomic E-state index is 12.5. The zero-order chi connectivity index (χ0) is 16.6. The number of benzene rings is 1. The Morgan fingerprint density at radius 2 is 2.09 bits per heavy atom. The average molecular weight is 312 g/mol. The Bertz CT molecular complexity index is 745. The van der Waals surface area contributed by atoms with Crippen molar-refractivity contribution in [1.82, 2.24) is 15.3 Å². The summed E-state index contributed by atoms with van der Waals surface area (Å²) in [6.45, 7) is 3.95. The molecule has 0 saturated heterocycles. The summed E-state index contributed by atoms with van der Waals surface area (Å²) in [6.07, 6.45) is -0.107. The molecule has 1 aromatic heterocycles. The second-order valence-electron chi connectivity index (χ2n) is 6.11. The monoisotopic (exact) mass is 312 g/mol. The summed E-state index contributed by atoms with van der Waals surface area (Å²) in [5.41, 5.74) is 8.63. The van der Waals surface area contributed by atoms with Crippen LogP contribution >= 0.6 is 0 Å². The third-order valence-electron chi connectivity index (χ3n) is 4.08. The lowest BCUT2D eigenvalue weighted by atomic mass is 10.1. The number of aliphatic hydroxyl groups excluding tert-OH is 1. The number of fused-ring (bicyclic) bond motifs is 1. The molecule has 0 bridgehead atoms. The number of aliphatic hydroxyl groups is 1. The van der Waals surface area contributed by atoms with Crippen molar-refractivity contribution in [3.8, 4) is 0 Å². The molecule has 1 heterocycles. The van der Waals surface area contributed by atoms with Gasteiger partial charge in [-0.15, -0.1) is 0 Å². The molecular formula is C17H20N4O2. The van der Waals surface area contributed by atoms with Crippen LogP contribution in [0.5, 0.6) is 0 Å². The first-order chi connectivity index (χ1) is 11.0. The molecule has 0 aliphatic heterocycles. The third kappa shape index (κ3) is 3.03. The highest BCUT2D eigenvalue weighted by Crippen LogP contribution is 2.31. The molecule has 0 saturated carbocycles. The summed E-state index contributed by atoms with van der Waals surface area (Å²) < 4.78 is 0. The molecule has 0 unspecified atom stereocenters. The van der Waals surface area contributed by atoms with E-state index in [1.54, 1.807) is 6.07 Å². The molecule has 3 rings (SSSR count). The molecule has 4 N–H and O–H groups in total. The van der Waals surface area contributed by atoms with Crippen molar-refractivity contribution in [2.24, 2.45) is 0 Å². The fraction of sp³-hybridized carbons (Fsp3) is 0.353. The van der Waals surface area contributed by atoms with Crippen molar-refractivity contribution < 1.29 is 9.90 Å². The highest BCUT2D eigenvalue weighted by Gasteiger charge is 2.32. The summed E-state index contributed by atoms with van der Waals surface area (Å²) in [6, 6.07) is 8.92. The largest absolute Gasteiger partial charge is 0.390 e. The number of anilines is 1. The summed E-state index contributed by atoms with van der Waals surface area (Å²) in [5, 5.41) is 13.1. The standard InChI is InChI=1S/C17H20N4O2/c1-9(2)12-8-13(20-17(18)19-12)16(23)21-15-11-6-4-3-5-10(11)7-14(15)22/h3-6,8-9,14-15,22H,7H2,1-2H3,(H,21,23)(H2,18,19,20)/t14-,15-/m1/s1. The van der Waals surface area contributed by atoms with Crippen molar-refractivity contribution in [1.29, 1.82) is 0 Å². The van der Waals surface area contributed by atoms with Gasteiger partial charge in [-0.25, -0.2) is 9.97 Å². The molecule has 0 spiro atoms. The van der Waals surface area contributed by atoms with E-state index in [1.807, 2.05) is 38.1 Å². The molecule has 120 valence electrons. The van der Waals surface area contributed by atoms with Crippen LogP contribution < -0.4 is 11.1 Å². The van der Waals surface area contributed by atoms with Crippen LogP contribution in [0.3, 0.4) is 0 Å². The van der Waals surface area contributed by atoms with Gasteiger partial charge in [0.2, 0.25) is 5.95 Å². The molecule has 6 nitrogen and oxygen atoms in total. The number of hydrogen-bond acceptors (Lipinski definition) is 5. The second kappa shape index (κ2) is 5.96. The van der Waals surface area contributed by atoms with E-state index >= 15 is 0 Å². The Morgan fingerprint density at radius 3 is 2.83 bits per heavy atom. The van der Waals surface area contributed by atoms with Crippen molar-refractivity contribution in [3.63, 3.8) is 0 Å². The minimum Gasteiger partial charge on any atom is -0.390 e. The second-order valence-corrected chi connectivity index (χ2v) is 6.11. The lowest BCUT2D eigenvalue weighted by Crippen LogP contribution is -2.34. The maximum absolute atomic E-state index is 12.5. The molecule has 0 fully saturated rings. The van der Waals surface area contributed by atoms with Gasteiger partial charge in [0.05, 0.1) is 12.1 Å². The molecule has 1 amide bonds. The minimum absolute atomic E-state index is 0.0775. The maximum Gasteiger partial charge on any atom is 0.270 e. The lowest BCUT2D eigenvalue weighted by molar-refractivity contribution is 0.0853. The van der Waals surface area contributed by atoms with Gasteiger partial charge in [-0.3, -0.25) is 4.79 Å². The van der Waals surface area contributed by atoms with Crippen LogP contribution in [-0.2, 0) is 6.42 Å². The van der Waals surface area contributed by atoms with E-state index in [4.69, 9.17) is 5.73 Å². The number of rotatable bonds is 3. The zero-order valence-corrected chi connectivity index (χ0v) is 13.2. The topological polar surface area (TPSA) is 101 Å². The predicted octanol–water partition coefficient (Wildman–Crippen LogP) is 1.57. The van der Waals surface area contributed by atoms with Crippen molar-refractivity contribution in [2.75, 3.05) is 5.73 Å². The number of nitrogens with zero attached hydrogens (tertiary/aromatic N) is 2. The highest BCUT2D eigenvalue weighted by atomic mass is 16.3. The number of nitrogens with two attached hydrogens (primary N) is 1. The number of nitrogen functional groups attached to an aromatic ring is 1. The quantitative estimate of drug-likeness (QED) is 0.798. The third-order valence-corrected chi connectivity index (χ3v) is 4.08. The van der Waals surface area contributed by atoms with Gasteiger partial charge in [-0.05, 0) is 23.1 Å². The van der Waals surface area contributed by atoms with E-state index in [0.29, 0.717) is 6.42 Å². The molecule has 2 atom stereocenters. The van der Waals surface area contributed by atoms with E-state index < -0.39 is 12.1 Å². The molecule has 6 heteroatoms. The van der Waals surface area contributed by atoms with E-state index in [-0.39, 0.29) is 23.5 Å². The fourth-order valence-corrected chi connectivity index (χ4v) is 2.86. The van der Waals surface area contributed by atoms with Crippen LogP contribution in [0.2, 0.25) is 0 Å².